The smallest absolute Gasteiger partial charge is 0.251 e. The van der Waals surface area contributed by atoms with E-state index in [2.05, 4.69) is 21.7 Å². The van der Waals surface area contributed by atoms with Gasteiger partial charge in [0.15, 0.2) is 0 Å². The van der Waals surface area contributed by atoms with Crippen LogP contribution >= 0.6 is 11.8 Å². The standard InChI is InChI=1S/C19H17N3O2S/c23-18-11-25-17-6-5-12(9-16(17)22-18)19(24)20-8-7-13-10-21-15-4-2-1-3-14(13)15/h1-6,9-10,21H,7-8,11H2,(H,20,24)(H,22,23). The van der Waals surface area contributed by atoms with E-state index in [1.807, 2.05) is 30.5 Å². The molecular weight excluding hydrogens is 334 g/mol. The van der Waals surface area contributed by atoms with Gasteiger partial charge in [0.1, 0.15) is 0 Å². The van der Waals surface area contributed by atoms with Crippen LogP contribution < -0.4 is 10.6 Å². The number of benzene rings is 2. The maximum absolute atomic E-state index is 12.4. The van der Waals surface area contributed by atoms with Crippen LogP contribution in [0.15, 0.2) is 53.6 Å². The van der Waals surface area contributed by atoms with Crippen LogP contribution in [-0.2, 0) is 11.2 Å². The maximum atomic E-state index is 12.4. The van der Waals surface area contributed by atoms with Gasteiger partial charge in [0.25, 0.3) is 5.91 Å². The molecule has 126 valence electrons. The van der Waals surface area contributed by atoms with E-state index >= 15 is 0 Å². The van der Waals surface area contributed by atoms with Crippen LogP contribution in [0.2, 0.25) is 0 Å². The summed E-state index contributed by atoms with van der Waals surface area (Å²) in [6.45, 7) is 0.554. The number of aromatic nitrogens is 1. The van der Waals surface area contributed by atoms with Crippen LogP contribution in [0.1, 0.15) is 15.9 Å². The molecule has 0 fully saturated rings. The minimum Gasteiger partial charge on any atom is -0.361 e. The summed E-state index contributed by atoms with van der Waals surface area (Å²) in [6.07, 6.45) is 2.75. The lowest BCUT2D eigenvalue weighted by atomic mass is 10.1. The van der Waals surface area contributed by atoms with Crippen molar-refractivity contribution in [2.75, 3.05) is 17.6 Å². The molecule has 25 heavy (non-hydrogen) atoms. The number of H-pyrrole nitrogens is 1. The van der Waals surface area contributed by atoms with Crippen molar-refractivity contribution in [2.45, 2.75) is 11.3 Å². The van der Waals surface area contributed by atoms with Crippen LogP contribution in [0.25, 0.3) is 10.9 Å². The summed E-state index contributed by atoms with van der Waals surface area (Å²) >= 11 is 1.49. The van der Waals surface area contributed by atoms with E-state index in [1.54, 1.807) is 12.1 Å². The summed E-state index contributed by atoms with van der Waals surface area (Å²) in [7, 11) is 0. The van der Waals surface area contributed by atoms with Crippen LogP contribution in [0.5, 0.6) is 0 Å². The number of hydrogen-bond acceptors (Lipinski definition) is 3. The molecule has 3 N–H and O–H groups in total. The number of thioether (sulfide) groups is 1. The molecule has 2 aromatic carbocycles. The van der Waals surface area contributed by atoms with Gasteiger partial charge in [0, 0.05) is 34.1 Å². The average molecular weight is 351 g/mol. The van der Waals surface area contributed by atoms with Gasteiger partial charge in [-0.3, -0.25) is 9.59 Å². The number of carbonyl (C=O) groups excluding carboxylic acids is 2. The third-order valence-electron chi connectivity index (χ3n) is 4.23. The Morgan fingerprint density at radius 3 is 3.00 bits per heavy atom. The summed E-state index contributed by atoms with van der Waals surface area (Å²) in [4.78, 5) is 28.1. The lowest BCUT2D eigenvalue weighted by Crippen LogP contribution is -2.26. The summed E-state index contributed by atoms with van der Waals surface area (Å²) in [5.41, 5.74) is 3.56. The maximum Gasteiger partial charge on any atom is 0.251 e. The fourth-order valence-electron chi connectivity index (χ4n) is 2.98. The van der Waals surface area contributed by atoms with Gasteiger partial charge in [-0.25, -0.2) is 0 Å². The van der Waals surface area contributed by atoms with Gasteiger partial charge < -0.3 is 15.6 Å². The van der Waals surface area contributed by atoms with Crippen molar-refractivity contribution >= 4 is 40.2 Å². The normalized spacial score (nSPS) is 13.4. The molecule has 2 heterocycles. The van der Waals surface area contributed by atoms with E-state index in [1.165, 1.54) is 22.7 Å². The Balaban J connectivity index is 1.41. The van der Waals surface area contributed by atoms with Gasteiger partial charge in [0.05, 0.1) is 11.4 Å². The summed E-state index contributed by atoms with van der Waals surface area (Å²) < 4.78 is 0. The van der Waals surface area contributed by atoms with Crippen molar-refractivity contribution < 1.29 is 9.59 Å². The highest BCUT2D eigenvalue weighted by atomic mass is 32.2. The quantitative estimate of drug-likeness (QED) is 0.676. The number of fused-ring (bicyclic) bond motifs is 2. The second-order valence-corrected chi connectivity index (χ2v) is 6.93. The number of aromatic amines is 1. The zero-order valence-electron chi connectivity index (χ0n) is 13.5. The van der Waals surface area contributed by atoms with E-state index < -0.39 is 0 Å². The highest BCUT2D eigenvalue weighted by Crippen LogP contribution is 2.31. The van der Waals surface area contributed by atoms with Crippen molar-refractivity contribution in [1.29, 1.82) is 0 Å². The van der Waals surface area contributed by atoms with Gasteiger partial charge in [0.2, 0.25) is 5.91 Å². The molecule has 1 aliphatic heterocycles. The van der Waals surface area contributed by atoms with Crippen LogP contribution in [-0.4, -0.2) is 29.1 Å². The van der Waals surface area contributed by atoms with Gasteiger partial charge in [-0.05, 0) is 36.2 Å². The van der Waals surface area contributed by atoms with Crippen LogP contribution in [0.3, 0.4) is 0 Å². The van der Waals surface area contributed by atoms with E-state index in [4.69, 9.17) is 0 Å². The Morgan fingerprint density at radius 1 is 1.20 bits per heavy atom. The first kappa shape index (κ1) is 15.8. The number of para-hydroxylation sites is 1. The van der Waals surface area contributed by atoms with Gasteiger partial charge >= 0.3 is 0 Å². The molecule has 0 saturated carbocycles. The molecule has 4 rings (SSSR count). The highest BCUT2D eigenvalue weighted by Gasteiger charge is 2.17. The van der Waals surface area contributed by atoms with E-state index in [-0.39, 0.29) is 11.8 Å². The van der Waals surface area contributed by atoms with Crippen molar-refractivity contribution in [3.63, 3.8) is 0 Å². The average Bonchev–Trinajstić information content (AvgIpc) is 3.04. The van der Waals surface area contributed by atoms with Gasteiger partial charge in [-0.2, -0.15) is 0 Å². The number of amides is 2. The number of rotatable bonds is 4. The van der Waals surface area contributed by atoms with Crippen molar-refractivity contribution in [3.8, 4) is 0 Å². The molecule has 1 aliphatic rings. The summed E-state index contributed by atoms with van der Waals surface area (Å²) in [5.74, 6) is 0.255. The highest BCUT2D eigenvalue weighted by molar-refractivity contribution is 8.00. The molecule has 3 aromatic rings. The molecule has 0 spiro atoms. The topological polar surface area (TPSA) is 74.0 Å². The first-order valence-electron chi connectivity index (χ1n) is 8.10. The predicted octanol–water partition coefficient (Wildman–Crippen LogP) is 3.18. The molecule has 0 bridgehead atoms. The number of hydrogen-bond donors (Lipinski definition) is 3. The molecule has 1 aromatic heterocycles. The minimum atomic E-state index is -0.132. The largest absolute Gasteiger partial charge is 0.361 e. The Kier molecular flexibility index (Phi) is 4.19. The fourth-order valence-corrected chi connectivity index (χ4v) is 3.76. The zero-order valence-corrected chi connectivity index (χ0v) is 14.3. The number of nitrogens with one attached hydrogen (secondary N) is 3. The second-order valence-electron chi connectivity index (χ2n) is 5.91. The summed E-state index contributed by atoms with van der Waals surface area (Å²) in [5, 5.41) is 6.94. The SMILES string of the molecule is O=C1CSc2ccc(C(=O)NCCc3c[nH]c4ccccc34)cc2N1. The molecule has 0 unspecified atom stereocenters. The van der Waals surface area contributed by atoms with Gasteiger partial charge in [-0.15, -0.1) is 11.8 Å². The molecule has 0 atom stereocenters. The van der Waals surface area contributed by atoms with Crippen LogP contribution in [0.4, 0.5) is 5.69 Å². The van der Waals surface area contributed by atoms with E-state index in [0.717, 1.165) is 16.8 Å². The van der Waals surface area contributed by atoms with Crippen molar-refractivity contribution in [2.24, 2.45) is 0 Å². The van der Waals surface area contributed by atoms with Gasteiger partial charge in [-0.1, -0.05) is 18.2 Å². The molecule has 2 amide bonds. The van der Waals surface area contributed by atoms with Crippen molar-refractivity contribution in [1.82, 2.24) is 10.3 Å². The van der Waals surface area contributed by atoms with Crippen LogP contribution in [0, 0.1) is 0 Å². The Morgan fingerprint density at radius 2 is 2.08 bits per heavy atom. The Bertz CT molecular complexity index is 964. The first-order chi connectivity index (χ1) is 12.2. The molecular formula is C19H17N3O2S. The zero-order chi connectivity index (χ0) is 17.2. The van der Waals surface area contributed by atoms with E-state index in [9.17, 15) is 9.59 Å². The Labute approximate surface area is 149 Å². The second kappa shape index (κ2) is 6.64. The predicted molar refractivity (Wildman–Crippen MR) is 100 cm³/mol. The molecule has 6 heteroatoms. The third-order valence-corrected chi connectivity index (χ3v) is 5.30. The lowest BCUT2D eigenvalue weighted by molar-refractivity contribution is -0.113. The first-order valence-corrected chi connectivity index (χ1v) is 9.09. The fraction of sp³-hybridized carbons (Fsp3) is 0.158. The van der Waals surface area contributed by atoms with E-state index in [0.29, 0.717) is 23.5 Å². The third kappa shape index (κ3) is 3.25. The molecule has 0 saturated heterocycles. The molecule has 0 aliphatic carbocycles. The Hall–Kier alpha value is -2.73. The molecule has 5 nitrogen and oxygen atoms in total. The number of anilines is 1. The summed E-state index contributed by atoms with van der Waals surface area (Å²) in [6, 6.07) is 13.5. The minimum absolute atomic E-state index is 0.0330. The van der Waals surface area contributed by atoms with Crippen molar-refractivity contribution in [3.05, 3.63) is 59.8 Å². The monoisotopic (exact) mass is 351 g/mol. The molecule has 0 radical (unpaired) electrons. The number of carbonyl (C=O) groups is 2. The lowest BCUT2D eigenvalue weighted by Gasteiger charge is -2.16.